The number of phenols is 1. The molecule has 0 radical (unpaired) electrons. The number of nitrogens with one attached hydrogen (secondary N) is 1. The lowest BCUT2D eigenvalue weighted by molar-refractivity contribution is 0.317. The van der Waals surface area contributed by atoms with E-state index in [0.717, 1.165) is 18.5 Å². The maximum absolute atomic E-state index is 9.72. The smallest absolute Gasteiger partial charge is 0.161 e. The third kappa shape index (κ3) is 4.23. The van der Waals surface area contributed by atoms with E-state index < -0.39 is 0 Å². The highest BCUT2D eigenvalue weighted by Crippen LogP contribution is 2.27. The maximum atomic E-state index is 9.72. The quantitative estimate of drug-likeness (QED) is 0.807. The van der Waals surface area contributed by atoms with Gasteiger partial charge in [0.15, 0.2) is 11.5 Å². The molecule has 0 heterocycles. The van der Waals surface area contributed by atoms with Gasteiger partial charge in [0.05, 0.1) is 6.61 Å². The standard InChI is InChI=1S/C18H23NO2/c1-3-16(15-8-6-5-7-9-15)19-13-14-10-11-17(20)18(12-14)21-4-2/h5-12,16,19-20H,3-4,13H2,1-2H3. The van der Waals surface area contributed by atoms with Crippen LogP contribution in [0.1, 0.15) is 37.4 Å². The van der Waals surface area contributed by atoms with E-state index in [-0.39, 0.29) is 5.75 Å². The molecule has 0 saturated carbocycles. The van der Waals surface area contributed by atoms with Crippen molar-refractivity contribution in [3.63, 3.8) is 0 Å². The van der Waals surface area contributed by atoms with Crippen LogP contribution in [0, 0.1) is 0 Å². The number of ether oxygens (including phenoxy) is 1. The van der Waals surface area contributed by atoms with Crippen molar-refractivity contribution < 1.29 is 9.84 Å². The van der Waals surface area contributed by atoms with Gasteiger partial charge in [0.1, 0.15) is 0 Å². The van der Waals surface area contributed by atoms with Gasteiger partial charge in [-0.2, -0.15) is 0 Å². The molecule has 0 aromatic heterocycles. The Balaban J connectivity index is 2.03. The number of hydrogen-bond donors (Lipinski definition) is 2. The Bertz CT molecular complexity index is 554. The van der Waals surface area contributed by atoms with Crippen LogP contribution in [0.2, 0.25) is 0 Å². The molecule has 0 amide bonds. The zero-order chi connectivity index (χ0) is 15.1. The van der Waals surface area contributed by atoms with Gasteiger partial charge in [-0.25, -0.2) is 0 Å². The van der Waals surface area contributed by atoms with Crippen LogP contribution in [0.3, 0.4) is 0 Å². The van der Waals surface area contributed by atoms with E-state index in [1.54, 1.807) is 6.07 Å². The van der Waals surface area contributed by atoms with E-state index in [4.69, 9.17) is 4.74 Å². The molecular formula is C18H23NO2. The SMILES string of the molecule is CCOc1cc(CNC(CC)c2ccccc2)ccc1O. The summed E-state index contributed by atoms with van der Waals surface area (Å²) in [5.41, 5.74) is 2.40. The Morgan fingerprint density at radius 1 is 1.10 bits per heavy atom. The highest BCUT2D eigenvalue weighted by molar-refractivity contribution is 5.41. The first-order chi connectivity index (χ1) is 10.2. The third-order valence-corrected chi connectivity index (χ3v) is 3.49. The summed E-state index contributed by atoms with van der Waals surface area (Å²) in [6.45, 7) is 5.37. The molecule has 1 atom stereocenters. The van der Waals surface area contributed by atoms with Gasteiger partial charge in [0.2, 0.25) is 0 Å². The summed E-state index contributed by atoms with van der Waals surface area (Å²) in [6, 6.07) is 16.3. The molecule has 21 heavy (non-hydrogen) atoms. The second kappa shape index (κ2) is 7.70. The third-order valence-electron chi connectivity index (χ3n) is 3.49. The molecule has 3 heteroatoms. The second-order valence-electron chi connectivity index (χ2n) is 4.99. The minimum absolute atomic E-state index is 0.190. The molecule has 2 aromatic rings. The molecule has 0 aliphatic heterocycles. The molecule has 0 aliphatic rings. The molecule has 0 bridgehead atoms. The number of benzene rings is 2. The molecule has 2 rings (SSSR count). The van der Waals surface area contributed by atoms with Gasteiger partial charge in [0, 0.05) is 12.6 Å². The second-order valence-corrected chi connectivity index (χ2v) is 4.99. The number of aromatic hydroxyl groups is 1. The molecule has 0 saturated heterocycles. The van der Waals surface area contributed by atoms with E-state index >= 15 is 0 Å². The van der Waals surface area contributed by atoms with E-state index in [2.05, 4.69) is 36.5 Å². The normalized spacial score (nSPS) is 12.1. The van der Waals surface area contributed by atoms with E-state index in [1.165, 1.54) is 5.56 Å². The fourth-order valence-electron chi connectivity index (χ4n) is 2.36. The molecule has 1 unspecified atom stereocenters. The minimum atomic E-state index is 0.190. The fourth-order valence-corrected chi connectivity index (χ4v) is 2.36. The van der Waals surface area contributed by atoms with Gasteiger partial charge >= 0.3 is 0 Å². The molecule has 3 nitrogen and oxygen atoms in total. The lowest BCUT2D eigenvalue weighted by Gasteiger charge is -2.18. The van der Waals surface area contributed by atoms with Crippen LogP contribution < -0.4 is 10.1 Å². The topological polar surface area (TPSA) is 41.5 Å². The summed E-state index contributed by atoms with van der Waals surface area (Å²) < 4.78 is 5.42. The van der Waals surface area contributed by atoms with Crippen LogP contribution in [-0.2, 0) is 6.54 Å². The van der Waals surface area contributed by atoms with Crippen LogP contribution in [0.25, 0.3) is 0 Å². The Morgan fingerprint density at radius 2 is 1.86 bits per heavy atom. The average molecular weight is 285 g/mol. The number of rotatable bonds is 7. The van der Waals surface area contributed by atoms with Gasteiger partial charge in [-0.1, -0.05) is 43.3 Å². The van der Waals surface area contributed by atoms with Crippen molar-refractivity contribution in [2.24, 2.45) is 0 Å². The Hall–Kier alpha value is -2.00. The van der Waals surface area contributed by atoms with Gasteiger partial charge in [0.25, 0.3) is 0 Å². The summed E-state index contributed by atoms with van der Waals surface area (Å²) in [5.74, 6) is 0.736. The Labute approximate surface area is 126 Å². The fraction of sp³-hybridized carbons (Fsp3) is 0.333. The van der Waals surface area contributed by atoms with Crippen molar-refractivity contribution in [1.82, 2.24) is 5.32 Å². The van der Waals surface area contributed by atoms with Crippen molar-refractivity contribution in [3.8, 4) is 11.5 Å². The number of hydrogen-bond acceptors (Lipinski definition) is 3. The molecule has 0 fully saturated rings. The van der Waals surface area contributed by atoms with E-state index in [0.29, 0.717) is 18.4 Å². The first kappa shape index (κ1) is 15.4. The van der Waals surface area contributed by atoms with E-state index in [9.17, 15) is 5.11 Å². The minimum Gasteiger partial charge on any atom is -0.504 e. The zero-order valence-corrected chi connectivity index (χ0v) is 12.7. The van der Waals surface area contributed by atoms with Crippen molar-refractivity contribution in [3.05, 3.63) is 59.7 Å². The molecule has 0 aliphatic carbocycles. The van der Waals surface area contributed by atoms with Crippen LogP contribution >= 0.6 is 0 Å². The number of phenolic OH excluding ortho intramolecular Hbond substituents is 1. The van der Waals surface area contributed by atoms with Crippen molar-refractivity contribution >= 4 is 0 Å². The highest BCUT2D eigenvalue weighted by atomic mass is 16.5. The highest BCUT2D eigenvalue weighted by Gasteiger charge is 2.09. The molecule has 112 valence electrons. The monoisotopic (exact) mass is 285 g/mol. The van der Waals surface area contributed by atoms with E-state index in [1.807, 2.05) is 25.1 Å². The van der Waals surface area contributed by atoms with Crippen molar-refractivity contribution in [2.75, 3.05) is 6.61 Å². The van der Waals surface area contributed by atoms with Gasteiger partial charge in [-0.05, 0) is 36.6 Å². The lowest BCUT2D eigenvalue weighted by atomic mass is 10.0. The van der Waals surface area contributed by atoms with Gasteiger partial charge in [-0.15, -0.1) is 0 Å². The first-order valence-electron chi connectivity index (χ1n) is 7.47. The molecule has 2 aromatic carbocycles. The average Bonchev–Trinajstić information content (AvgIpc) is 2.52. The predicted octanol–water partition coefficient (Wildman–Crippen LogP) is 4.03. The van der Waals surface area contributed by atoms with Crippen LogP contribution in [0.5, 0.6) is 11.5 Å². The van der Waals surface area contributed by atoms with Crippen LogP contribution in [-0.4, -0.2) is 11.7 Å². The zero-order valence-electron chi connectivity index (χ0n) is 12.7. The van der Waals surface area contributed by atoms with Crippen molar-refractivity contribution in [2.45, 2.75) is 32.9 Å². The van der Waals surface area contributed by atoms with Crippen LogP contribution in [0.15, 0.2) is 48.5 Å². The first-order valence-corrected chi connectivity index (χ1v) is 7.47. The summed E-state index contributed by atoms with van der Waals surface area (Å²) in [7, 11) is 0. The summed E-state index contributed by atoms with van der Waals surface area (Å²) in [5, 5.41) is 13.3. The summed E-state index contributed by atoms with van der Waals surface area (Å²) >= 11 is 0. The van der Waals surface area contributed by atoms with Crippen LogP contribution in [0.4, 0.5) is 0 Å². The largest absolute Gasteiger partial charge is 0.504 e. The maximum Gasteiger partial charge on any atom is 0.161 e. The summed E-state index contributed by atoms with van der Waals surface area (Å²) in [4.78, 5) is 0. The molecular weight excluding hydrogens is 262 g/mol. The van der Waals surface area contributed by atoms with Gasteiger partial charge < -0.3 is 15.2 Å². The Morgan fingerprint density at radius 3 is 2.52 bits per heavy atom. The summed E-state index contributed by atoms with van der Waals surface area (Å²) in [6.07, 6.45) is 1.03. The molecule has 2 N–H and O–H groups in total. The molecule has 0 spiro atoms. The lowest BCUT2D eigenvalue weighted by Crippen LogP contribution is -2.20. The Kier molecular flexibility index (Phi) is 5.64. The van der Waals surface area contributed by atoms with Crippen molar-refractivity contribution in [1.29, 1.82) is 0 Å². The van der Waals surface area contributed by atoms with Gasteiger partial charge in [-0.3, -0.25) is 0 Å². The predicted molar refractivity (Wildman–Crippen MR) is 85.6 cm³/mol.